The van der Waals surface area contributed by atoms with Crippen LogP contribution < -0.4 is 0 Å². The zero-order valence-corrected chi connectivity index (χ0v) is 16.8. The number of benzene rings is 1. The molecule has 0 spiro atoms. The molecular formula is C17H15ClFNO6S2. The van der Waals surface area contributed by atoms with Crippen LogP contribution in [0.4, 0.5) is 4.39 Å². The number of morpholine rings is 1. The summed E-state index contributed by atoms with van der Waals surface area (Å²) in [5.74, 6) is -2.37. The normalized spacial score (nSPS) is 15.4. The molecule has 0 amide bonds. The molecule has 0 radical (unpaired) electrons. The van der Waals surface area contributed by atoms with Crippen molar-refractivity contribution in [3.8, 4) is 0 Å². The first-order valence-electron chi connectivity index (χ1n) is 8.12. The van der Waals surface area contributed by atoms with Gasteiger partial charge in [0.05, 0.1) is 28.0 Å². The average Bonchev–Trinajstić information content (AvgIpc) is 3.13. The zero-order chi connectivity index (χ0) is 20.3. The minimum Gasteiger partial charge on any atom is -0.454 e. The Bertz CT molecular complexity index is 1000. The third-order valence-electron chi connectivity index (χ3n) is 3.94. The minimum absolute atomic E-state index is 0.0916. The summed E-state index contributed by atoms with van der Waals surface area (Å²) in [4.78, 5) is 23.9. The van der Waals surface area contributed by atoms with E-state index >= 15 is 0 Å². The van der Waals surface area contributed by atoms with Crippen LogP contribution >= 0.6 is 22.9 Å². The summed E-state index contributed by atoms with van der Waals surface area (Å²) in [6.07, 6.45) is 0. The molecule has 0 bridgehead atoms. The molecule has 1 aromatic carbocycles. The molecule has 2 aromatic rings. The standard InChI is InChI=1S/C17H15ClFNO6S2/c18-16-4-3-14(27-16)13(21)10-26-17(22)11-1-2-12(19)15(9-11)28(23,24)20-5-7-25-8-6-20/h1-4,9H,5-8,10H2. The van der Waals surface area contributed by atoms with Crippen molar-refractivity contribution in [2.45, 2.75) is 4.90 Å². The number of halogens is 2. The molecule has 7 nitrogen and oxygen atoms in total. The average molecular weight is 448 g/mol. The molecule has 0 saturated carbocycles. The van der Waals surface area contributed by atoms with Gasteiger partial charge >= 0.3 is 5.97 Å². The lowest BCUT2D eigenvalue weighted by atomic mass is 10.2. The molecule has 1 saturated heterocycles. The lowest BCUT2D eigenvalue weighted by Gasteiger charge is -2.26. The molecule has 0 atom stereocenters. The molecule has 2 heterocycles. The molecule has 0 unspecified atom stereocenters. The number of ether oxygens (including phenoxy) is 2. The number of hydrogen-bond acceptors (Lipinski definition) is 7. The van der Waals surface area contributed by atoms with Gasteiger partial charge < -0.3 is 9.47 Å². The van der Waals surface area contributed by atoms with Crippen molar-refractivity contribution in [2.24, 2.45) is 0 Å². The number of thiophene rings is 1. The Kier molecular flexibility index (Phi) is 6.46. The number of carbonyl (C=O) groups excluding carboxylic acids is 2. The van der Waals surface area contributed by atoms with Gasteiger partial charge in [0, 0.05) is 13.1 Å². The van der Waals surface area contributed by atoms with Crippen LogP contribution in [0.15, 0.2) is 35.2 Å². The van der Waals surface area contributed by atoms with E-state index in [-0.39, 0.29) is 31.9 Å². The Labute approximate surface area is 169 Å². The topological polar surface area (TPSA) is 90.0 Å². The highest BCUT2D eigenvalue weighted by atomic mass is 35.5. The Balaban J connectivity index is 1.75. The first kappa shape index (κ1) is 20.9. The molecule has 1 aliphatic heterocycles. The summed E-state index contributed by atoms with van der Waals surface area (Å²) in [6.45, 7) is 0.0517. The highest BCUT2D eigenvalue weighted by Crippen LogP contribution is 2.23. The van der Waals surface area contributed by atoms with Crippen molar-refractivity contribution in [1.82, 2.24) is 4.31 Å². The Morgan fingerprint density at radius 3 is 2.57 bits per heavy atom. The molecular weight excluding hydrogens is 433 g/mol. The fourth-order valence-corrected chi connectivity index (χ4v) is 4.97. The van der Waals surface area contributed by atoms with Gasteiger partial charge in [-0.3, -0.25) is 4.79 Å². The summed E-state index contributed by atoms with van der Waals surface area (Å²) in [7, 11) is -4.13. The zero-order valence-electron chi connectivity index (χ0n) is 14.4. The van der Waals surface area contributed by atoms with Crippen LogP contribution in [0.1, 0.15) is 20.0 Å². The molecule has 0 aliphatic carbocycles. The highest BCUT2D eigenvalue weighted by molar-refractivity contribution is 7.89. The first-order chi connectivity index (χ1) is 13.3. The fourth-order valence-electron chi connectivity index (χ4n) is 2.50. The highest BCUT2D eigenvalue weighted by Gasteiger charge is 2.30. The van der Waals surface area contributed by atoms with Gasteiger partial charge in [-0.05, 0) is 30.3 Å². The maximum Gasteiger partial charge on any atom is 0.338 e. The number of carbonyl (C=O) groups is 2. The predicted octanol–water partition coefficient (Wildman–Crippen LogP) is 2.60. The van der Waals surface area contributed by atoms with Crippen molar-refractivity contribution in [2.75, 3.05) is 32.9 Å². The third-order valence-corrected chi connectivity index (χ3v) is 7.12. The summed E-state index contributed by atoms with van der Waals surface area (Å²) < 4.78 is 51.0. The van der Waals surface area contributed by atoms with Gasteiger partial charge in [-0.2, -0.15) is 4.31 Å². The molecule has 150 valence electrons. The van der Waals surface area contributed by atoms with Crippen molar-refractivity contribution >= 4 is 44.7 Å². The molecule has 1 aromatic heterocycles. The van der Waals surface area contributed by atoms with Crippen molar-refractivity contribution < 1.29 is 31.9 Å². The number of rotatable bonds is 6. The summed E-state index contributed by atoms with van der Waals surface area (Å²) >= 11 is 6.80. The van der Waals surface area contributed by atoms with Crippen LogP contribution in [-0.2, 0) is 19.5 Å². The van der Waals surface area contributed by atoms with Crippen LogP contribution in [0.3, 0.4) is 0 Å². The van der Waals surface area contributed by atoms with Crippen LogP contribution in [-0.4, -0.2) is 57.4 Å². The van der Waals surface area contributed by atoms with E-state index in [4.69, 9.17) is 21.1 Å². The maximum atomic E-state index is 14.2. The van der Waals surface area contributed by atoms with Gasteiger partial charge in [-0.15, -0.1) is 11.3 Å². The van der Waals surface area contributed by atoms with Crippen molar-refractivity contribution in [3.05, 3.63) is 50.9 Å². The molecule has 28 heavy (non-hydrogen) atoms. The smallest absolute Gasteiger partial charge is 0.338 e. The second-order valence-electron chi connectivity index (χ2n) is 5.76. The maximum absolute atomic E-state index is 14.2. The van der Waals surface area contributed by atoms with Gasteiger partial charge in [-0.1, -0.05) is 11.6 Å². The SMILES string of the molecule is O=C(OCC(=O)c1ccc(Cl)s1)c1ccc(F)c(S(=O)(=O)N2CCOCC2)c1. The second kappa shape index (κ2) is 8.66. The van der Waals surface area contributed by atoms with E-state index in [1.54, 1.807) is 6.07 Å². The van der Waals surface area contributed by atoms with Crippen LogP contribution in [0, 0.1) is 5.82 Å². The van der Waals surface area contributed by atoms with Gasteiger partial charge in [0.1, 0.15) is 10.7 Å². The molecule has 1 aliphatic rings. The van der Waals surface area contributed by atoms with Crippen molar-refractivity contribution in [1.29, 1.82) is 0 Å². The number of sulfonamides is 1. The third kappa shape index (κ3) is 4.58. The molecule has 11 heteroatoms. The number of ketones is 1. The minimum atomic E-state index is -4.13. The predicted molar refractivity (Wildman–Crippen MR) is 99.9 cm³/mol. The van der Waals surface area contributed by atoms with E-state index in [0.29, 0.717) is 9.21 Å². The number of Topliss-reactive ketones (excluding diaryl/α,β-unsaturated/α-hetero) is 1. The van der Waals surface area contributed by atoms with E-state index in [0.717, 1.165) is 33.8 Å². The van der Waals surface area contributed by atoms with Gasteiger partial charge in [0.15, 0.2) is 6.61 Å². The Hall–Kier alpha value is -1.85. The fraction of sp³-hybridized carbons (Fsp3) is 0.294. The summed E-state index contributed by atoms with van der Waals surface area (Å²) in [6, 6.07) is 5.94. The van der Waals surface area contributed by atoms with E-state index in [2.05, 4.69) is 0 Å². The second-order valence-corrected chi connectivity index (χ2v) is 9.39. The number of hydrogen-bond donors (Lipinski definition) is 0. The van der Waals surface area contributed by atoms with Crippen LogP contribution in [0.25, 0.3) is 0 Å². The van der Waals surface area contributed by atoms with E-state index < -0.39 is 39.1 Å². The summed E-state index contributed by atoms with van der Waals surface area (Å²) in [5.41, 5.74) is -0.176. The molecule has 3 rings (SSSR count). The largest absolute Gasteiger partial charge is 0.454 e. The summed E-state index contributed by atoms with van der Waals surface area (Å²) in [5, 5.41) is 0. The lowest BCUT2D eigenvalue weighted by Crippen LogP contribution is -2.41. The number of esters is 1. The molecule has 1 fully saturated rings. The Morgan fingerprint density at radius 1 is 1.21 bits per heavy atom. The van der Waals surface area contributed by atoms with Crippen LogP contribution in [0.2, 0.25) is 4.34 Å². The molecule has 0 N–H and O–H groups in total. The van der Waals surface area contributed by atoms with Gasteiger partial charge in [0.25, 0.3) is 0 Å². The first-order valence-corrected chi connectivity index (χ1v) is 10.8. The van der Waals surface area contributed by atoms with Gasteiger partial charge in [-0.25, -0.2) is 17.6 Å². The van der Waals surface area contributed by atoms with Crippen molar-refractivity contribution in [3.63, 3.8) is 0 Å². The van der Waals surface area contributed by atoms with E-state index in [1.165, 1.54) is 6.07 Å². The quantitative estimate of drug-likeness (QED) is 0.499. The lowest BCUT2D eigenvalue weighted by molar-refractivity contribution is 0.0475. The van der Waals surface area contributed by atoms with Gasteiger partial charge in [0.2, 0.25) is 15.8 Å². The van der Waals surface area contributed by atoms with Crippen LogP contribution in [0.5, 0.6) is 0 Å². The van der Waals surface area contributed by atoms with E-state index in [1.807, 2.05) is 0 Å². The Morgan fingerprint density at radius 2 is 1.93 bits per heavy atom. The monoisotopic (exact) mass is 447 g/mol. The number of nitrogens with zero attached hydrogens (tertiary/aromatic N) is 1. The van der Waals surface area contributed by atoms with E-state index in [9.17, 15) is 22.4 Å².